The Hall–Kier alpha value is -2.87. The number of hydrogen-bond acceptors (Lipinski definition) is 6. The van der Waals surface area contributed by atoms with E-state index in [4.69, 9.17) is 4.74 Å². The molecule has 0 aliphatic carbocycles. The molecule has 1 aliphatic heterocycles. The summed E-state index contributed by atoms with van der Waals surface area (Å²) in [5.74, 6) is 0.235. The standard InChI is InChI=1S/C17H18N6O2/c24-17(16-19-4-1-5-20-16)22-8-9-25-12-13(11-22)10-14-2-3-15-18-6-7-23(15)21-14/h1-7,13H,8-12H2. The summed E-state index contributed by atoms with van der Waals surface area (Å²) in [6, 6.07) is 5.61. The van der Waals surface area contributed by atoms with E-state index in [1.165, 1.54) is 0 Å². The molecule has 1 aliphatic rings. The van der Waals surface area contributed by atoms with Gasteiger partial charge in [-0.1, -0.05) is 0 Å². The van der Waals surface area contributed by atoms with Gasteiger partial charge in [0, 0.05) is 43.8 Å². The normalized spacial score (nSPS) is 18.2. The monoisotopic (exact) mass is 338 g/mol. The zero-order valence-electron chi connectivity index (χ0n) is 13.7. The second-order valence-corrected chi connectivity index (χ2v) is 6.02. The third kappa shape index (κ3) is 3.48. The van der Waals surface area contributed by atoms with Crippen LogP contribution in [0.15, 0.2) is 43.0 Å². The number of ether oxygens (including phenoxy) is 1. The fourth-order valence-electron chi connectivity index (χ4n) is 3.00. The molecule has 128 valence electrons. The van der Waals surface area contributed by atoms with Crippen LogP contribution >= 0.6 is 0 Å². The van der Waals surface area contributed by atoms with Crippen LogP contribution in [0.2, 0.25) is 0 Å². The molecule has 3 aromatic heterocycles. The first-order chi connectivity index (χ1) is 12.3. The van der Waals surface area contributed by atoms with Crippen LogP contribution < -0.4 is 0 Å². The van der Waals surface area contributed by atoms with Gasteiger partial charge in [-0.05, 0) is 24.6 Å². The van der Waals surface area contributed by atoms with Crippen LogP contribution in [0.4, 0.5) is 0 Å². The fourth-order valence-corrected chi connectivity index (χ4v) is 3.00. The first kappa shape index (κ1) is 15.6. The van der Waals surface area contributed by atoms with Crippen LogP contribution in [-0.2, 0) is 11.2 Å². The molecular formula is C17H18N6O2. The van der Waals surface area contributed by atoms with E-state index in [0.717, 1.165) is 17.8 Å². The van der Waals surface area contributed by atoms with Gasteiger partial charge in [0.15, 0.2) is 5.65 Å². The largest absolute Gasteiger partial charge is 0.379 e. The van der Waals surface area contributed by atoms with Crippen molar-refractivity contribution in [3.05, 3.63) is 54.5 Å². The lowest BCUT2D eigenvalue weighted by molar-refractivity contribution is 0.0725. The Kier molecular flexibility index (Phi) is 4.34. The Labute approximate surface area is 144 Å². The molecule has 1 atom stereocenters. The lowest BCUT2D eigenvalue weighted by atomic mass is 10.0. The summed E-state index contributed by atoms with van der Waals surface area (Å²) < 4.78 is 7.44. The topological polar surface area (TPSA) is 85.5 Å². The molecule has 0 aromatic carbocycles. The summed E-state index contributed by atoms with van der Waals surface area (Å²) in [6.07, 6.45) is 7.44. The van der Waals surface area contributed by atoms with Gasteiger partial charge < -0.3 is 9.64 Å². The number of amides is 1. The zero-order chi connectivity index (χ0) is 17.1. The number of fused-ring (bicyclic) bond motifs is 1. The SMILES string of the molecule is O=C(c1ncccn1)N1CCOCC(Cc2ccc3nccn3n2)C1. The highest BCUT2D eigenvalue weighted by Crippen LogP contribution is 2.14. The number of nitrogens with zero attached hydrogens (tertiary/aromatic N) is 6. The Bertz CT molecular complexity index is 866. The molecular weight excluding hydrogens is 320 g/mol. The molecule has 0 spiro atoms. The summed E-state index contributed by atoms with van der Waals surface area (Å²) in [7, 11) is 0. The summed E-state index contributed by atoms with van der Waals surface area (Å²) in [5.41, 5.74) is 1.77. The molecule has 0 radical (unpaired) electrons. The van der Waals surface area contributed by atoms with Crippen molar-refractivity contribution in [2.24, 2.45) is 5.92 Å². The van der Waals surface area contributed by atoms with Crippen LogP contribution in [0.3, 0.4) is 0 Å². The van der Waals surface area contributed by atoms with E-state index < -0.39 is 0 Å². The number of carbonyl (C=O) groups excluding carboxylic acids is 1. The molecule has 3 aromatic rings. The quantitative estimate of drug-likeness (QED) is 0.704. The first-order valence-corrected chi connectivity index (χ1v) is 8.23. The zero-order valence-corrected chi connectivity index (χ0v) is 13.7. The van der Waals surface area contributed by atoms with Gasteiger partial charge in [0.25, 0.3) is 5.91 Å². The van der Waals surface area contributed by atoms with E-state index in [1.807, 2.05) is 18.3 Å². The van der Waals surface area contributed by atoms with Crippen LogP contribution in [0, 0.1) is 5.92 Å². The van der Waals surface area contributed by atoms with Crippen molar-refractivity contribution in [3.8, 4) is 0 Å². The molecule has 0 N–H and O–H groups in total. The average Bonchev–Trinajstić information content (AvgIpc) is 2.99. The van der Waals surface area contributed by atoms with Gasteiger partial charge >= 0.3 is 0 Å². The Morgan fingerprint density at radius 3 is 2.96 bits per heavy atom. The highest BCUT2D eigenvalue weighted by Gasteiger charge is 2.25. The maximum absolute atomic E-state index is 12.6. The van der Waals surface area contributed by atoms with Gasteiger partial charge in [-0.15, -0.1) is 0 Å². The van der Waals surface area contributed by atoms with E-state index in [1.54, 1.807) is 34.1 Å². The van der Waals surface area contributed by atoms with E-state index >= 15 is 0 Å². The number of imidazole rings is 1. The summed E-state index contributed by atoms with van der Waals surface area (Å²) in [5, 5.41) is 4.56. The second kappa shape index (κ2) is 6.94. The average molecular weight is 338 g/mol. The molecule has 25 heavy (non-hydrogen) atoms. The van der Waals surface area contributed by atoms with Gasteiger partial charge in [0.2, 0.25) is 5.82 Å². The predicted octanol–water partition coefficient (Wildman–Crippen LogP) is 0.851. The lowest BCUT2D eigenvalue weighted by Gasteiger charge is -2.22. The lowest BCUT2D eigenvalue weighted by Crippen LogP contribution is -2.37. The van der Waals surface area contributed by atoms with Crippen molar-refractivity contribution in [1.29, 1.82) is 0 Å². The molecule has 4 heterocycles. The number of hydrogen-bond donors (Lipinski definition) is 0. The van der Waals surface area contributed by atoms with Gasteiger partial charge in [-0.3, -0.25) is 4.79 Å². The molecule has 8 heteroatoms. The number of aromatic nitrogens is 5. The summed E-state index contributed by atoms with van der Waals surface area (Å²) in [6.45, 7) is 2.26. The summed E-state index contributed by atoms with van der Waals surface area (Å²) in [4.78, 5) is 26.7. The number of rotatable bonds is 3. The Morgan fingerprint density at radius 1 is 1.20 bits per heavy atom. The minimum Gasteiger partial charge on any atom is -0.379 e. The molecule has 1 saturated heterocycles. The van der Waals surface area contributed by atoms with E-state index in [-0.39, 0.29) is 17.6 Å². The predicted molar refractivity (Wildman–Crippen MR) is 88.9 cm³/mol. The van der Waals surface area contributed by atoms with Crippen LogP contribution in [-0.4, -0.2) is 61.7 Å². The van der Waals surface area contributed by atoms with E-state index in [0.29, 0.717) is 26.3 Å². The fraction of sp³-hybridized carbons (Fsp3) is 0.353. The first-order valence-electron chi connectivity index (χ1n) is 8.23. The smallest absolute Gasteiger partial charge is 0.291 e. The van der Waals surface area contributed by atoms with E-state index in [9.17, 15) is 4.79 Å². The van der Waals surface area contributed by atoms with Crippen LogP contribution in [0.25, 0.3) is 5.65 Å². The molecule has 0 bridgehead atoms. The van der Waals surface area contributed by atoms with Crippen LogP contribution in [0.5, 0.6) is 0 Å². The van der Waals surface area contributed by atoms with Gasteiger partial charge in [-0.25, -0.2) is 19.5 Å². The minimum absolute atomic E-state index is 0.158. The van der Waals surface area contributed by atoms with Gasteiger partial charge in [0.1, 0.15) is 0 Å². The molecule has 1 unspecified atom stereocenters. The molecule has 4 rings (SSSR count). The maximum Gasteiger partial charge on any atom is 0.291 e. The third-order valence-corrected chi connectivity index (χ3v) is 4.19. The van der Waals surface area contributed by atoms with E-state index in [2.05, 4.69) is 20.1 Å². The summed E-state index contributed by atoms with van der Waals surface area (Å²) >= 11 is 0. The van der Waals surface area contributed by atoms with Gasteiger partial charge in [0.05, 0.1) is 18.9 Å². The van der Waals surface area contributed by atoms with Crippen LogP contribution in [0.1, 0.15) is 16.3 Å². The van der Waals surface area contributed by atoms with Crippen molar-refractivity contribution < 1.29 is 9.53 Å². The van der Waals surface area contributed by atoms with Crippen molar-refractivity contribution in [3.63, 3.8) is 0 Å². The molecule has 0 saturated carbocycles. The second-order valence-electron chi connectivity index (χ2n) is 6.02. The van der Waals surface area contributed by atoms with Crippen molar-refractivity contribution in [1.82, 2.24) is 29.5 Å². The third-order valence-electron chi connectivity index (χ3n) is 4.19. The molecule has 1 amide bonds. The highest BCUT2D eigenvalue weighted by molar-refractivity contribution is 5.90. The van der Waals surface area contributed by atoms with Crippen molar-refractivity contribution >= 4 is 11.6 Å². The number of carbonyl (C=O) groups is 1. The molecule has 8 nitrogen and oxygen atoms in total. The Morgan fingerprint density at radius 2 is 2.08 bits per heavy atom. The van der Waals surface area contributed by atoms with Crippen molar-refractivity contribution in [2.75, 3.05) is 26.3 Å². The van der Waals surface area contributed by atoms with Crippen molar-refractivity contribution in [2.45, 2.75) is 6.42 Å². The molecule has 1 fully saturated rings. The Balaban J connectivity index is 1.48. The highest BCUT2D eigenvalue weighted by atomic mass is 16.5. The maximum atomic E-state index is 12.6. The van der Waals surface area contributed by atoms with Gasteiger partial charge in [-0.2, -0.15) is 5.10 Å². The minimum atomic E-state index is -0.158.